The van der Waals surface area contributed by atoms with Crippen molar-refractivity contribution in [3.63, 3.8) is 0 Å². The SMILES string of the molecule is N#CCCCC(=O)C1CC2COCC(C1)N2C(=O)OCC1c2ccccc2-c2ccccc21. The molecule has 2 bridgehead atoms. The predicted molar refractivity (Wildman–Crippen MR) is 122 cm³/mol. The van der Waals surface area contributed by atoms with Crippen molar-refractivity contribution in [1.82, 2.24) is 4.90 Å². The molecule has 0 spiro atoms. The first-order chi connectivity index (χ1) is 16.2. The highest BCUT2D eigenvalue weighted by atomic mass is 16.6. The molecule has 5 rings (SSSR count). The van der Waals surface area contributed by atoms with Crippen LogP contribution in [0.5, 0.6) is 0 Å². The molecule has 0 radical (unpaired) electrons. The largest absolute Gasteiger partial charge is 0.448 e. The predicted octanol–water partition coefficient (Wildman–Crippen LogP) is 4.68. The number of carbonyl (C=O) groups is 2. The van der Waals surface area contributed by atoms with Crippen LogP contribution in [0.1, 0.15) is 49.1 Å². The number of Topliss-reactive ketones (excluding diaryl/α,β-unsaturated/α-hetero) is 1. The van der Waals surface area contributed by atoms with Gasteiger partial charge in [-0.3, -0.25) is 9.69 Å². The maximum atomic E-state index is 13.2. The molecule has 1 amide bonds. The normalized spacial score (nSPS) is 23.4. The van der Waals surface area contributed by atoms with Crippen LogP contribution in [0.2, 0.25) is 0 Å². The molecule has 2 fully saturated rings. The molecule has 0 N–H and O–H groups in total. The summed E-state index contributed by atoms with van der Waals surface area (Å²) in [5.74, 6) is 0.159. The summed E-state index contributed by atoms with van der Waals surface area (Å²) in [6.07, 6.45) is 2.33. The minimum absolute atomic E-state index is 0.0247. The first kappa shape index (κ1) is 21.7. The minimum atomic E-state index is -0.314. The van der Waals surface area contributed by atoms with E-state index in [0.29, 0.717) is 51.9 Å². The average molecular weight is 445 g/mol. The molecule has 3 aliphatic rings. The van der Waals surface area contributed by atoms with Crippen LogP contribution < -0.4 is 0 Å². The van der Waals surface area contributed by atoms with E-state index >= 15 is 0 Å². The van der Waals surface area contributed by atoms with Gasteiger partial charge < -0.3 is 9.47 Å². The number of piperidine rings is 1. The van der Waals surface area contributed by atoms with Crippen molar-refractivity contribution in [3.8, 4) is 17.2 Å². The van der Waals surface area contributed by atoms with E-state index in [1.807, 2.05) is 29.2 Å². The third-order valence-electron chi connectivity index (χ3n) is 7.23. The Balaban J connectivity index is 1.26. The second-order valence-corrected chi connectivity index (χ2v) is 9.20. The summed E-state index contributed by atoms with van der Waals surface area (Å²) in [5, 5.41) is 8.72. The summed E-state index contributed by atoms with van der Waals surface area (Å²) in [7, 11) is 0. The van der Waals surface area contributed by atoms with E-state index in [1.165, 1.54) is 22.3 Å². The third kappa shape index (κ3) is 4.14. The highest BCUT2D eigenvalue weighted by Gasteiger charge is 2.44. The van der Waals surface area contributed by atoms with Crippen molar-refractivity contribution in [2.45, 2.75) is 50.1 Å². The van der Waals surface area contributed by atoms with Gasteiger partial charge in [0.05, 0.1) is 31.4 Å². The molecule has 2 aromatic rings. The molecular formula is C27H28N2O4. The zero-order valence-electron chi connectivity index (χ0n) is 18.6. The molecule has 0 saturated carbocycles. The topological polar surface area (TPSA) is 79.6 Å². The number of benzene rings is 2. The molecule has 2 unspecified atom stereocenters. The lowest BCUT2D eigenvalue weighted by Gasteiger charge is -2.47. The summed E-state index contributed by atoms with van der Waals surface area (Å²) < 4.78 is 11.6. The van der Waals surface area contributed by atoms with Crippen LogP contribution >= 0.6 is 0 Å². The van der Waals surface area contributed by atoms with Gasteiger partial charge in [0.1, 0.15) is 12.4 Å². The first-order valence-corrected chi connectivity index (χ1v) is 11.8. The maximum Gasteiger partial charge on any atom is 0.410 e. The highest BCUT2D eigenvalue weighted by Crippen LogP contribution is 2.44. The summed E-state index contributed by atoms with van der Waals surface area (Å²) in [5.41, 5.74) is 4.79. The van der Waals surface area contributed by atoms with Gasteiger partial charge in [0.2, 0.25) is 0 Å². The van der Waals surface area contributed by atoms with Gasteiger partial charge in [0, 0.05) is 24.7 Å². The maximum absolute atomic E-state index is 13.2. The van der Waals surface area contributed by atoms with E-state index in [4.69, 9.17) is 14.7 Å². The smallest absolute Gasteiger partial charge is 0.410 e. The summed E-state index contributed by atoms with van der Waals surface area (Å²) in [6.45, 7) is 1.16. The van der Waals surface area contributed by atoms with Gasteiger partial charge in [-0.25, -0.2) is 4.79 Å². The zero-order chi connectivity index (χ0) is 22.8. The Kier molecular flexibility index (Phi) is 6.15. The van der Waals surface area contributed by atoms with Gasteiger partial charge in [-0.05, 0) is 41.5 Å². The molecule has 0 aromatic heterocycles. The Morgan fingerprint density at radius 3 is 2.21 bits per heavy atom. The van der Waals surface area contributed by atoms with Crippen molar-refractivity contribution >= 4 is 11.9 Å². The molecule has 6 nitrogen and oxygen atoms in total. The van der Waals surface area contributed by atoms with Gasteiger partial charge in [0.25, 0.3) is 0 Å². The number of amides is 1. The molecule has 33 heavy (non-hydrogen) atoms. The second kappa shape index (κ2) is 9.36. The van der Waals surface area contributed by atoms with Gasteiger partial charge >= 0.3 is 6.09 Å². The number of hydrogen-bond donors (Lipinski definition) is 0. The Morgan fingerprint density at radius 1 is 1.00 bits per heavy atom. The molecule has 6 heteroatoms. The Morgan fingerprint density at radius 2 is 1.61 bits per heavy atom. The number of ketones is 1. The summed E-state index contributed by atoms with van der Waals surface area (Å²) >= 11 is 0. The number of unbranched alkanes of at least 4 members (excludes halogenated alkanes) is 1. The van der Waals surface area contributed by atoms with Crippen molar-refractivity contribution in [2.24, 2.45) is 5.92 Å². The van der Waals surface area contributed by atoms with Gasteiger partial charge in [-0.2, -0.15) is 5.26 Å². The highest BCUT2D eigenvalue weighted by molar-refractivity contribution is 5.82. The van der Waals surface area contributed by atoms with Crippen LogP contribution in [0.15, 0.2) is 48.5 Å². The Labute approximate surface area is 194 Å². The lowest BCUT2D eigenvalue weighted by molar-refractivity contribution is -0.131. The molecule has 2 saturated heterocycles. The fourth-order valence-corrected chi connectivity index (χ4v) is 5.69. The fourth-order valence-electron chi connectivity index (χ4n) is 5.69. The van der Waals surface area contributed by atoms with Crippen molar-refractivity contribution in [3.05, 3.63) is 59.7 Å². The zero-order valence-corrected chi connectivity index (χ0v) is 18.6. The molecule has 2 heterocycles. The number of fused-ring (bicyclic) bond motifs is 5. The van der Waals surface area contributed by atoms with Crippen LogP contribution in [0.3, 0.4) is 0 Å². The van der Waals surface area contributed by atoms with Crippen molar-refractivity contribution in [1.29, 1.82) is 5.26 Å². The summed E-state index contributed by atoms with van der Waals surface area (Å²) in [6, 6.07) is 18.4. The van der Waals surface area contributed by atoms with Crippen molar-refractivity contribution in [2.75, 3.05) is 19.8 Å². The third-order valence-corrected chi connectivity index (χ3v) is 7.23. The lowest BCUT2D eigenvalue weighted by atomic mass is 9.81. The second-order valence-electron chi connectivity index (χ2n) is 9.20. The molecule has 2 aromatic carbocycles. The monoisotopic (exact) mass is 444 g/mol. The number of nitriles is 1. The van der Waals surface area contributed by atoms with Crippen LogP contribution in [0.25, 0.3) is 11.1 Å². The van der Waals surface area contributed by atoms with Gasteiger partial charge in [0.15, 0.2) is 0 Å². The molecule has 2 atom stereocenters. The number of ether oxygens (including phenoxy) is 2. The van der Waals surface area contributed by atoms with Crippen LogP contribution in [-0.2, 0) is 14.3 Å². The van der Waals surface area contributed by atoms with E-state index in [1.54, 1.807) is 0 Å². The van der Waals surface area contributed by atoms with E-state index in [2.05, 4.69) is 30.3 Å². The quantitative estimate of drug-likeness (QED) is 0.605. The van der Waals surface area contributed by atoms with E-state index < -0.39 is 0 Å². The minimum Gasteiger partial charge on any atom is -0.448 e. The number of morpholine rings is 1. The average Bonchev–Trinajstić information content (AvgIpc) is 3.15. The van der Waals surface area contributed by atoms with Gasteiger partial charge in [-0.15, -0.1) is 0 Å². The lowest BCUT2D eigenvalue weighted by Crippen LogP contribution is -2.60. The summed E-state index contributed by atoms with van der Waals surface area (Å²) in [4.78, 5) is 27.7. The van der Waals surface area contributed by atoms with Crippen molar-refractivity contribution < 1.29 is 19.1 Å². The van der Waals surface area contributed by atoms with Crippen LogP contribution in [0.4, 0.5) is 4.79 Å². The number of carbonyl (C=O) groups excluding carboxylic acids is 2. The van der Waals surface area contributed by atoms with E-state index in [0.717, 1.165) is 0 Å². The Bertz CT molecular complexity index is 1030. The number of nitrogens with zero attached hydrogens (tertiary/aromatic N) is 2. The molecule has 170 valence electrons. The first-order valence-electron chi connectivity index (χ1n) is 11.8. The van der Waals surface area contributed by atoms with Crippen LogP contribution in [-0.4, -0.2) is 48.7 Å². The van der Waals surface area contributed by atoms with E-state index in [9.17, 15) is 9.59 Å². The molecular weight excluding hydrogens is 416 g/mol. The Hall–Kier alpha value is -3.17. The number of hydrogen-bond acceptors (Lipinski definition) is 5. The van der Waals surface area contributed by atoms with Gasteiger partial charge in [-0.1, -0.05) is 48.5 Å². The standard InChI is InChI=1S/C27H28N2O4/c28-12-6-5-11-26(30)18-13-19-15-32-16-20(14-18)29(19)27(31)33-17-25-23-9-3-1-7-21(23)22-8-2-4-10-24(22)25/h1-4,7-10,18-20,25H,5-6,11,13-17H2. The fraction of sp³-hybridized carbons (Fsp3) is 0.444. The number of rotatable bonds is 6. The van der Waals surface area contributed by atoms with Crippen LogP contribution in [0, 0.1) is 17.2 Å². The molecule has 2 aliphatic heterocycles. The molecule has 1 aliphatic carbocycles. The van der Waals surface area contributed by atoms with E-state index in [-0.39, 0.29) is 35.8 Å².